The van der Waals surface area contributed by atoms with E-state index >= 15 is 0 Å². The largest absolute Gasteiger partial charge is 0.446 e. The third-order valence-electron chi connectivity index (χ3n) is 5.46. The lowest BCUT2D eigenvalue weighted by molar-refractivity contribution is 0.0487. The molecule has 4 rings (SSSR count). The number of amides is 2. The monoisotopic (exact) mass is 447 g/mol. The second-order valence-corrected chi connectivity index (χ2v) is 8.18. The van der Waals surface area contributed by atoms with Gasteiger partial charge in [-0.3, -0.25) is 9.59 Å². The Balaban J connectivity index is 1.43. The predicted molar refractivity (Wildman–Crippen MR) is 113 cm³/mol. The highest BCUT2D eigenvalue weighted by Crippen LogP contribution is 2.21. The third kappa shape index (κ3) is 5.64. The number of halogens is 1. The highest BCUT2D eigenvalue weighted by molar-refractivity contribution is 6.33. The van der Waals surface area contributed by atoms with Crippen molar-refractivity contribution in [3.63, 3.8) is 0 Å². The lowest BCUT2D eigenvalue weighted by atomic mass is 10.1. The van der Waals surface area contributed by atoms with E-state index in [1.165, 1.54) is 6.26 Å². The van der Waals surface area contributed by atoms with Gasteiger partial charge in [0.1, 0.15) is 6.26 Å². The molecule has 1 aromatic carbocycles. The van der Waals surface area contributed by atoms with Gasteiger partial charge in [-0.05, 0) is 37.8 Å². The van der Waals surface area contributed by atoms with E-state index in [-0.39, 0.29) is 42.2 Å². The normalized spacial score (nSPS) is 20.7. The molecule has 2 aliphatic rings. The Labute approximate surface area is 185 Å². The van der Waals surface area contributed by atoms with Crippen LogP contribution in [0.5, 0.6) is 0 Å². The van der Waals surface area contributed by atoms with E-state index < -0.39 is 0 Å². The molecule has 2 aliphatic heterocycles. The summed E-state index contributed by atoms with van der Waals surface area (Å²) in [5.74, 6) is -0.280. The van der Waals surface area contributed by atoms with Crippen molar-refractivity contribution in [2.45, 2.75) is 44.4 Å². The van der Waals surface area contributed by atoms with Crippen LogP contribution in [0.3, 0.4) is 0 Å². The summed E-state index contributed by atoms with van der Waals surface area (Å²) in [6.07, 6.45) is 5.11. The summed E-state index contributed by atoms with van der Waals surface area (Å²) in [5.41, 5.74) is 0.582. The Kier molecular flexibility index (Phi) is 7.21. The predicted octanol–water partition coefficient (Wildman–Crippen LogP) is 3.06. The lowest BCUT2D eigenvalue weighted by Crippen LogP contribution is -2.37. The van der Waals surface area contributed by atoms with E-state index in [0.717, 1.165) is 32.3 Å². The van der Waals surface area contributed by atoms with Gasteiger partial charge < -0.3 is 24.1 Å². The van der Waals surface area contributed by atoms with Gasteiger partial charge in [0.25, 0.3) is 11.8 Å². The molecule has 2 aromatic rings. The number of rotatable bonds is 8. The number of nitrogens with zero attached hydrogens (tertiary/aromatic N) is 2. The van der Waals surface area contributed by atoms with Crippen LogP contribution in [-0.2, 0) is 16.0 Å². The van der Waals surface area contributed by atoms with Crippen LogP contribution < -0.4 is 5.32 Å². The molecule has 166 valence electrons. The standard InChI is InChI=1S/C22H26ClN3O5/c23-18-8-2-1-7-17(18)22(28)26(12-16-6-4-10-30-16)13-20-25-19(14-31-20)21(27)24-11-15-5-3-9-29-15/h1-2,7-8,14-16H,3-6,9-13H2,(H,24,27). The molecule has 2 amide bonds. The fraction of sp³-hybridized carbons (Fsp3) is 0.500. The quantitative estimate of drug-likeness (QED) is 0.668. The second kappa shape index (κ2) is 10.3. The molecular formula is C22H26ClN3O5. The minimum atomic E-state index is -0.325. The summed E-state index contributed by atoms with van der Waals surface area (Å²) in [6, 6.07) is 6.91. The van der Waals surface area contributed by atoms with Gasteiger partial charge in [-0.2, -0.15) is 0 Å². The topological polar surface area (TPSA) is 93.9 Å². The van der Waals surface area contributed by atoms with E-state index in [1.54, 1.807) is 29.2 Å². The highest BCUT2D eigenvalue weighted by Gasteiger charge is 2.26. The van der Waals surface area contributed by atoms with Gasteiger partial charge in [-0.1, -0.05) is 23.7 Å². The maximum Gasteiger partial charge on any atom is 0.273 e. The minimum absolute atomic E-state index is 0.0458. The van der Waals surface area contributed by atoms with Crippen LogP contribution in [0.2, 0.25) is 5.02 Å². The average Bonchev–Trinajstić information content (AvgIpc) is 3.54. The molecule has 3 heterocycles. The maximum atomic E-state index is 13.2. The van der Waals surface area contributed by atoms with E-state index in [4.69, 9.17) is 25.5 Å². The summed E-state index contributed by atoms with van der Waals surface area (Å²) in [4.78, 5) is 31.4. The number of hydrogen-bond donors (Lipinski definition) is 1. The van der Waals surface area contributed by atoms with E-state index in [2.05, 4.69) is 10.3 Å². The smallest absolute Gasteiger partial charge is 0.273 e. The Morgan fingerprint density at radius 1 is 1.13 bits per heavy atom. The molecule has 9 heteroatoms. The van der Waals surface area contributed by atoms with Crippen molar-refractivity contribution in [3.8, 4) is 0 Å². The molecule has 2 fully saturated rings. The Morgan fingerprint density at radius 2 is 1.87 bits per heavy atom. The summed E-state index contributed by atoms with van der Waals surface area (Å²) in [7, 11) is 0. The first kappa shape index (κ1) is 21.8. The molecule has 31 heavy (non-hydrogen) atoms. The molecular weight excluding hydrogens is 422 g/mol. The van der Waals surface area contributed by atoms with Crippen LogP contribution >= 0.6 is 11.6 Å². The highest BCUT2D eigenvalue weighted by atomic mass is 35.5. The van der Waals surface area contributed by atoms with Gasteiger partial charge >= 0.3 is 0 Å². The molecule has 2 saturated heterocycles. The van der Waals surface area contributed by atoms with Crippen LogP contribution in [0.25, 0.3) is 0 Å². The van der Waals surface area contributed by atoms with Crippen LogP contribution in [0, 0.1) is 0 Å². The zero-order valence-corrected chi connectivity index (χ0v) is 18.0. The molecule has 0 saturated carbocycles. The van der Waals surface area contributed by atoms with Gasteiger partial charge in [0.2, 0.25) is 5.89 Å². The number of aromatic nitrogens is 1. The molecule has 2 unspecified atom stereocenters. The fourth-order valence-corrected chi connectivity index (χ4v) is 4.03. The van der Waals surface area contributed by atoms with Crippen molar-refractivity contribution >= 4 is 23.4 Å². The Hall–Kier alpha value is -2.42. The molecule has 0 spiro atoms. The summed E-state index contributed by atoms with van der Waals surface area (Å²) in [6.45, 7) is 2.37. The SMILES string of the molecule is O=C(NCC1CCCO1)c1coc(CN(CC2CCCO2)C(=O)c2ccccc2Cl)n1. The first-order valence-electron chi connectivity index (χ1n) is 10.6. The minimum Gasteiger partial charge on any atom is -0.446 e. The van der Waals surface area contributed by atoms with Gasteiger partial charge in [-0.25, -0.2) is 4.98 Å². The molecule has 0 bridgehead atoms. The van der Waals surface area contributed by atoms with E-state index in [1.807, 2.05) is 0 Å². The van der Waals surface area contributed by atoms with Crippen molar-refractivity contribution in [2.24, 2.45) is 0 Å². The van der Waals surface area contributed by atoms with Crippen molar-refractivity contribution in [2.75, 3.05) is 26.3 Å². The van der Waals surface area contributed by atoms with Gasteiger partial charge in [-0.15, -0.1) is 0 Å². The van der Waals surface area contributed by atoms with Gasteiger partial charge in [0.15, 0.2) is 5.69 Å². The third-order valence-corrected chi connectivity index (χ3v) is 5.79. The van der Waals surface area contributed by atoms with Crippen LogP contribution in [0.15, 0.2) is 34.9 Å². The number of nitrogens with one attached hydrogen (secondary N) is 1. The summed E-state index contributed by atoms with van der Waals surface area (Å²) >= 11 is 6.24. The van der Waals surface area contributed by atoms with Crippen molar-refractivity contribution < 1.29 is 23.5 Å². The van der Waals surface area contributed by atoms with E-state index in [9.17, 15) is 9.59 Å². The van der Waals surface area contributed by atoms with Crippen LogP contribution in [-0.4, -0.2) is 60.2 Å². The lowest BCUT2D eigenvalue weighted by Gasteiger charge is -2.24. The van der Waals surface area contributed by atoms with Crippen LogP contribution in [0.4, 0.5) is 0 Å². The molecule has 0 radical (unpaired) electrons. The molecule has 0 aliphatic carbocycles. The second-order valence-electron chi connectivity index (χ2n) is 7.77. The van der Waals surface area contributed by atoms with Crippen LogP contribution in [0.1, 0.15) is 52.4 Å². The maximum absolute atomic E-state index is 13.2. The first-order valence-corrected chi connectivity index (χ1v) is 11.0. The Morgan fingerprint density at radius 3 is 2.58 bits per heavy atom. The molecule has 2 atom stereocenters. The summed E-state index contributed by atoms with van der Waals surface area (Å²) < 4.78 is 16.7. The van der Waals surface area contributed by atoms with Gasteiger partial charge in [0, 0.05) is 26.3 Å². The van der Waals surface area contributed by atoms with Crippen molar-refractivity contribution in [3.05, 3.63) is 52.7 Å². The van der Waals surface area contributed by atoms with Gasteiger partial charge in [0.05, 0.1) is 29.3 Å². The molecule has 8 nitrogen and oxygen atoms in total. The first-order chi connectivity index (χ1) is 15.1. The average molecular weight is 448 g/mol. The fourth-order valence-electron chi connectivity index (χ4n) is 3.81. The number of carbonyl (C=O) groups is 2. The van der Waals surface area contributed by atoms with Crippen molar-refractivity contribution in [1.29, 1.82) is 0 Å². The molecule has 1 N–H and O–H groups in total. The zero-order chi connectivity index (χ0) is 21.6. The number of ether oxygens (including phenoxy) is 2. The summed E-state index contributed by atoms with van der Waals surface area (Å²) in [5, 5.41) is 3.20. The Bertz CT molecular complexity index is 906. The van der Waals surface area contributed by atoms with E-state index in [0.29, 0.717) is 30.3 Å². The number of oxazole rings is 1. The zero-order valence-electron chi connectivity index (χ0n) is 17.2. The number of benzene rings is 1. The number of hydrogen-bond acceptors (Lipinski definition) is 6. The molecule has 1 aromatic heterocycles. The van der Waals surface area contributed by atoms with Crippen molar-refractivity contribution in [1.82, 2.24) is 15.2 Å². The number of carbonyl (C=O) groups excluding carboxylic acids is 2.